The number of rotatable bonds is 5. The Kier molecular flexibility index (Phi) is 6.20. The second-order valence-corrected chi connectivity index (χ2v) is 7.79. The van der Waals surface area contributed by atoms with E-state index in [-0.39, 0.29) is 0 Å². The largest absolute Gasteiger partial charge is 0.327 e. The predicted molar refractivity (Wildman–Crippen MR) is 76.0 cm³/mol. The van der Waals surface area contributed by atoms with Crippen LogP contribution in [0.2, 0.25) is 0 Å². The lowest BCUT2D eigenvalue weighted by atomic mass is 9.89. The van der Waals surface area contributed by atoms with Crippen LogP contribution in [-0.4, -0.2) is 17.0 Å². The van der Waals surface area contributed by atoms with Crippen molar-refractivity contribution in [3.63, 3.8) is 0 Å². The van der Waals surface area contributed by atoms with Gasteiger partial charge in [-0.15, -0.1) is 0 Å². The zero-order valence-electron chi connectivity index (χ0n) is 11.3. The summed E-state index contributed by atoms with van der Waals surface area (Å²) in [6, 6.07) is 0.408. The Hall–Kier alpha value is 0.310. The highest BCUT2D eigenvalue weighted by Gasteiger charge is 2.16. The quantitative estimate of drug-likeness (QED) is 0.783. The molecule has 0 amide bonds. The molecule has 2 N–H and O–H groups in total. The zero-order chi connectivity index (χ0) is 12.0. The van der Waals surface area contributed by atoms with Crippen LogP contribution in [0.15, 0.2) is 0 Å². The van der Waals surface area contributed by atoms with Gasteiger partial charge in [0.15, 0.2) is 0 Å². The molecule has 0 aliphatic heterocycles. The smallest absolute Gasteiger partial charge is 0.0130 e. The molecule has 0 aromatic heterocycles. The fourth-order valence-corrected chi connectivity index (χ4v) is 3.55. The Morgan fingerprint density at radius 1 is 1.19 bits per heavy atom. The van der Waals surface area contributed by atoms with E-state index in [0.29, 0.717) is 11.5 Å². The van der Waals surface area contributed by atoms with Gasteiger partial charge < -0.3 is 5.73 Å². The van der Waals surface area contributed by atoms with Gasteiger partial charge in [0.1, 0.15) is 0 Å². The van der Waals surface area contributed by atoms with Crippen LogP contribution >= 0.6 is 11.8 Å². The standard InChI is InChI=1S/C14H29NS/c1-14(2,3)10-9-12(15)11-16-13-7-5-4-6-8-13/h12-13H,4-11,15H2,1-3H3. The van der Waals surface area contributed by atoms with Crippen LogP contribution in [0.3, 0.4) is 0 Å². The summed E-state index contributed by atoms with van der Waals surface area (Å²) < 4.78 is 0. The Balaban J connectivity index is 2.07. The van der Waals surface area contributed by atoms with E-state index in [9.17, 15) is 0 Å². The van der Waals surface area contributed by atoms with Crippen LogP contribution in [-0.2, 0) is 0 Å². The van der Waals surface area contributed by atoms with Gasteiger partial charge in [-0.05, 0) is 31.1 Å². The minimum atomic E-state index is 0.408. The van der Waals surface area contributed by atoms with Gasteiger partial charge in [0.25, 0.3) is 0 Å². The predicted octanol–water partition coefficient (Wildman–Crippen LogP) is 4.21. The summed E-state index contributed by atoms with van der Waals surface area (Å²) in [7, 11) is 0. The molecule has 1 saturated carbocycles. The van der Waals surface area contributed by atoms with Gasteiger partial charge in [-0.25, -0.2) is 0 Å². The van der Waals surface area contributed by atoms with Gasteiger partial charge in [-0.1, -0.05) is 40.0 Å². The molecule has 1 aliphatic carbocycles. The monoisotopic (exact) mass is 243 g/mol. The normalized spacial score (nSPS) is 21.0. The summed E-state index contributed by atoms with van der Waals surface area (Å²) in [5.74, 6) is 1.17. The molecule has 1 aliphatic rings. The molecule has 1 atom stereocenters. The lowest BCUT2D eigenvalue weighted by Crippen LogP contribution is -2.26. The van der Waals surface area contributed by atoms with E-state index in [1.54, 1.807) is 0 Å². The van der Waals surface area contributed by atoms with Crippen LogP contribution in [0.5, 0.6) is 0 Å². The Bertz CT molecular complexity index is 180. The summed E-state index contributed by atoms with van der Waals surface area (Å²) in [6.07, 6.45) is 9.62. The summed E-state index contributed by atoms with van der Waals surface area (Å²) in [5, 5.41) is 0.912. The molecule has 2 heteroatoms. The van der Waals surface area contributed by atoms with Crippen LogP contribution < -0.4 is 5.73 Å². The molecule has 1 fully saturated rings. The maximum Gasteiger partial charge on any atom is 0.0130 e. The first-order valence-corrected chi connectivity index (χ1v) is 7.89. The highest BCUT2D eigenvalue weighted by atomic mass is 32.2. The summed E-state index contributed by atoms with van der Waals surface area (Å²) in [4.78, 5) is 0. The first-order chi connectivity index (χ1) is 7.47. The molecule has 0 aromatic rings. The molecule has 0 heterocycles. The van der Waals surface area contributed by atoms with E-state index < -0.39 is 0 Å². The lowest BCUT2D eigenvalue weighted by Gasteiger charge is -2.24. The molecular weight excluding hydrogens is 214 g/mol. The third-order valence-electron chi connectivity index (χ3n) is 3.36. The van der Waals surface area contributed by atoms with E-state index in [2.05, 4.69) is 32.5 Å². The van der Waals surface area contributed by atoms with Crippen LogP contribution in [0.25, 0.3) is 0 Å². The van der Waals surface area contributed by atoms with E-state index in [1.165, 1.54) is 50.7 Å². The van der Waals surface area contributed by atoms with Crippen molar-refractivity contribution in [3.8, 4) is 0 Å². The average Bonchev–Trinajstić information content (AvgIpc) is 2.24. The third kappa shape index (κ3) is 6.80. The first-order valence-electron chi connectivity index (χ1n) is 6.84. The lowest BCUT2D eigenvalue weighted by molar-refractivity contribution is 0.353. The molecule has 0 radical (unpaired) electrons. The minimum absolute atomic E-state index is 0.408. The number of hydrogen-bond donors (Lipinski definition) is 1. The Morgan fingerprint density at radius 2 is 1.81 bits per heavy atom. The highest BCUT2D eigenvalue weighted by Crippen LogP contribution is 2.29. The van der Waals surface area contributed by atoms with Gasteiger partial charge in [-0.2, -0.15) is 11.8 Å². The Labute approximate surface area is 106 Å². The first kappa shape index (κ1) is 14.4. The average molecular weight is 243 g/mol. The fraction of sp³-hybridized carbons (Fsp3) is 1.00. The van der Waals surface area contributed by atoms with Crippen molar-refractivity contribution >= 4 is 11.8 Å². The van der Waals surface area contributed by atoms with Gasteiger partial charge in [0, 0.05) is 17.0 Å². The van der Waals surface area contributed by atoms with Crippen LogP contribution in [0.4, 0.5) is 0 Å². The second-order valence-electron chi connectivity index (χ2n) is 6.45. The van der Waals surface area contributed by atoms with E-state index in [0.717, 1.165) is 5.25 Å². The Morgan fingerprint density at radius 3 is 2.38 bits per heavy atom. The van der Waals surface area contributed by atoms with Crippen molar-refractivity contribution in [1.82, 2.24) is 0 Å². The molecular formula is C14H29NS. The maximum absolute atomic E-state index is 6.18. The summed E-state index contributed by atoms with van der Waals surface area (Å²) in [5.41, 5.74) is 6.61. The van der Waals surface area contributed by atoms with Gasteiger partial charge in [0.2, 0.25) is 0 Å². The molecule has 0 saturated heterocycles. The van der Waals surface area contributed by atoms with Gasteiger partial charge in [0.05, 0.1) is 0 Å². The van der Waals surface area contributed by atoms with Crippen molar-refractivity contribution in [2.75, 3.05) is 5.75 Å². The van der Waals surface area contributed by atoms with E-state index >= 15 is 0 Å². The molecule has 96 valence electrons. The molecule has 1 rings (SSSR count). The van der Waals surface area contributed by atoms with Crippen LogP contribution in [0.1, 0.15) is 65.7 Å². The zero-order valence-corrected chi connectivity index (χ0v) is 12.1. The molecule has 0 bridgehead atoms. The van der Waals surface area contributed by atoms with Gasteiger partial charge >= 0.3 is 0 Å². The molecule has 16 heavy (non-hydrogen) atoms. The van der Waals surface area contributed by atoms with Gasteiger partial charge in [-0.3, -0.25) is 0 Å². The van der Waals surface area contributed by atoms with Crippen LogP contribution in [0, 0.1) is 5.41 Å². The number of nitrogens with two attached hydrogens (primary N) is 1. The van der Waals surface area contributed by atoms with Crippen molar-refractivity contribution in [1.29, 1.82) is 0 Å². The minimum Gasteiger partial charge on any atom is -0.327 e. The van der Waals surface area contributed by atoms with Crippen molar-refractivity contribution in [2.45, 2.75) is 77.0 Å². The number of thioether (sulfide) groups is 1. The van der Waals surface area contributed by atoms with Crippen molar-refractivity contribution in [3.05, 3.63) is 0 Å². The van der Waals surface area contributed by atoms with E-state index in [1.807, 2.05) is 0 Å². The SMILES string of the molecule is CC(C)(C)CCC(N)CSC1CCCCC1. The molecule has 1 unspecified atom stereocenters. The summed E-state index contributed by atoms with van der Waals surface area (Å²) in [6.45, 7) is 6.90. The van der Waals surface area contributed by atoms with Crippen molar-refractivity contribution < 1.29 is 0 Å². The summed E-state index contributed by atoms with van der Waals surface area (Å²) >= 11 is 2.13. The molecule has 0 spiro atoms. The highest BCUT2D eigenvalue weighted by molar-refractivity contribution is 7.99. The van der Waals surface area contributed by atoms with Crippen molar-refractivity contribution in [2.24, 2.45) is 11.1 Å². The number of hydrogen-bond acceptors (Lipinski definition) is 2. The maximum atomic E-state index is 6.18. The third-order valence-corrected chi connectivity index (χ3v) is 4.93. The topological polar surface area (TPSA) is 26.0 Å². The fourth-order valence-electron chi connectivity index (χ4n) is 2.19. The van der Waals surface area contributed by atoms with E-state index in [4.69, 9.17) is 5.73 Å². The molecule has 1 nitrogen and oxygen atoms in total. The molecule has 0 aromatic carbocycles. The second kappa shape index (κ2) is 6.90.